The summed E-state index contributed by atoms with van der Waals surface area (Å²) >= 11 is 1.34. The second-order valence-electron chi connectivity index (χ2n) is 8.80. The molecule has 0 saturated heterocycles. The summed E-state index contributed by atoms with van der Waals surface area (Å²) in [6.45, 7) is 0. The molecule has 1 aliphatic heterocycles. The monoisotopic (exact) mass is 493 g/mol. The zero-order valence-electron chi connectivity index (χ0n) is 19.4. The van der Waals surface area contributed by atoms with Crippen LogP contribution in [0.3, 0.4) is 0 Å². The Morgan fingerprint density at radius 3 is 2.67 bits per heavy atom. The van der Waals surface area contributed by atoms with Crippen LogP contribution < -0.4 is 24.7 Å². The number of carboxylic acid groups (broad SMARTS) is 1. The van der Waals surface area contributed by atoms with E-state index in [0.717, 1.165) is 46.6 Å². The van der Waals surface area contributed by atoms with Crippen molar-refractivity contribution in [3.63, 3.8) is 0 Å². The predicted molar refractivity (Wildman–Crippen MR) is 137 cm³/mol. The van der Waals surface area contributed by atoms with E-state index in [0.29, 0.717) is 9.33 Å². The average Bonchev–Trinajstić information content (AvgIpc) is 3.22. The molecule has 2 aliphatic rings. The first-order chi connectivity index (χ1) is 17.5. The number of carbonyl (C=O) groups excluding carboxylic acids is 1. The second-order valence-corrected chi connectivity index (χ2v) is 9.81. The number of aromatic carboxylic acids is 1. The van der Waals surface area contributed by atoms with E-state index in [9.17, 15) is 14.7 Å². The van der Waals surface area contributed by atoms with Crippen LogP contribution in [-0.2, 0) is 6.42 Å². The number of carboxylic acids is 1. The molecule has 0 N–H and O–H groups in total. The van der Waals surface area contributed by atoms with Gasteiger partial charge in [-0.3, -0.25) is 9.36 Å². The molecule has 178 valence electrons. The van der Waals surface area contributed by atoms with Gasteiger partial charge in [0.05, 0.1) is 29.4 Å². The summed E-state index contributed by atoms with van der Waals surface area (Å²) < 4.78 is 7.81. The highest BCUT2D eigenvalue weighted by Crippen LogP contribution is 2.41. The van der Waals surface area contributed by atoms with Gasteiger partial charge in [-0.15, -0.1) is 0 Å². The molecule has 0 radical (unpaired) electrons. The number of aryl methyl sites for hydroxylation is 1. The van der Waals surface area contributed by atoms with Crippen LogP contribution in [0.4, 0.5) is 0 Å². The van der Waals surface area contributed by atoms with Crippen LogP contribution in [0.2, 0.25) is 0 Å². The van der Waals surface area contributed by atoms with Crippen molar-refractivity contribution in [2.24, 2.45) is 4.99 Å². The van der Waals surface area contributed by atoms with E-state index < -0.39 is 5.97 Å². The van der Waals surface area contributed by atoms with Gasteiger partial charge >= 0.3 is 0 Å². The fraction of sp³-hybridized carbons (Fsp3) is 0.138. The number of thiazole rings is 1. The van der Waals surface area contributed by atoms with E-state index in [1.165, 1.54) is 29.0 Å². The number of methoxy groups -OCH3 is 1. The number of rotatable bonds is 4. The van der Waals surface area contributed by atoms with Gasteiger partial charge in [0.1, 0.15) is 5.75 Å². The molecular formula is C29H21N2O4S-. The highest BCUT2D eigenvalue weighted by atomic mass is 32.1. The number of carbonyl (C=O) groups is 1. The standard InChI is InChI=1S/C29H22N2O4S/c1-35-21-7-4-6-20(16-21)26-23-14-13-18-5-2-3-8-22(18)25(23)30-29-31(26)27(32)24(36-29)15-17-9-11-19(12-10-17)28(33)34/h2-12,15-16,26H,13-14H2,1H3,(H,33,34)/p-1/b24-15-/t26-/m0/s1. The first-order valence-corrected chi connectivity index (χ1v) is 12.4. The molecular weight excluding hydrogens is 472 g/mol. The maximum Gasteiger partial charge on any atom is 0.271 e. The highest BCUT2D eigenvalue weighted by molar-refractivity contribution is 7.07. The summed E-state index contributed by atoms with van der Waals surface area (Å²) in [5.41, 5.74) is 6.12. The summed E-state index contributed by atoms with van der Waals surface area (Å²) in [5.74, 6) is -0.497. The maximum absolute atomic E-state index is 13.8. The van der Waals surface area contributed by atoms with E-state index in [4.69, 9.17) is 9.73 Å². The van der Waals surface area contributed by atoms with Crippen molar-refractivity contribution < 1.29 is 14.6 Å². The Balaban J connectivity index is 1.58. The Labute approximate surface area is 210 Å². The third-order valence-electron chi connectivity index (χ3n) is 6.73. The summed E-state index contributed by atoms with van der Waals surface area (Å²) in [6.07, 6.45) is 3.48. The number of benzene rings is 3. The normalized spacial score (nSPS) is 16.6. The number of nitrogens with zero attached hydrogens (tertiary/aromatic N) is 2. The van der Waals surface area contributed by atoms with E-state index in [2.05, 4.69) is 12.1 Å². The minimum Gasteiger partial charge on any atom is -0.545 e. The zero-order chi connectivity index (χ0) is 24.8. The van der Waals surface area contributed by atoms with E-state index in [1.54, 1.807) is 29.9 Å². The molecule has 1 aromatic heterocycles. The Morgan fingerprint density at radius 1 is 1.08 bits per heavy atom. The van der Waals surface area contributed by atoms with Crippen molar-refractivity contribution in [1.29, 1.82) is 0 Å². The van der Waals surface area contributed by atoms with Crippen molar-refractivity contribution in [2.45, 2.75) is 18.9 Å². The molecule has 6 rings (SSSR count). The number of hydrogen-bond acceptors (Lipinski definition) is 6. The molecule has 0 fully saturated rings. The Kier molecular flexibility index (Phi) is 5.42. The van der Waals surface area contributed by atoms with Gasteiger partial charge in [-0.05, 0) is 58.9 Å². The van der Waals surface area contributed by atoms with Crippen LogP contribution in [0, 0.1) is 0 Å². The van der Waals surface area contributed by atoms with Crippen LogP contribution in [0.5, 0.6) is 5.75 Å². The van der Waals surface area contributed by atoms with Gasteiger partial charge < -0.3 is 14.6 Å². The van der Waals surface area contributed by atoms with Gasteiger partial charge in [0, 0.05) is 5.56 Å². The van der Waals surface area contributed by atoms with Crippen molar-refractivity contribution in [3.05, 3.63) is 126 Å². The lowest BCUT2D eigenvalue weighted by molar-refractivity contribution is -0.255. The molecule has 7 heteroatoms. The average molecular weight is 494 g/mol. The van der Waals surface area contributed by atoms with Gasteiger partial charge in [0.15, 0.2) is 4.80 Å². The molecule has 0 bridgehead atoms. The van der Waals surface area contributed by atoms with Crippen LogP contribution in [-0.4, -0.2) is 17.6 Å². The molecule has 0 amide bonds. The van der Waals surface area contributed by atoms with Gasteiger partial charge in [0.25, 0.3) is 5.56 Å². The molecule has 1 aliphatic carbocycles. The Bertz CT molecular complexity index is 1730. The number of aromatic nitrogens is 1. The fourth-order valence-electron chi connectivity index (χ4n) is 5.00. The third-order valence-corrected chi connectivity index (χ3v) is 7.71. The topological polar surface area (TPSA) is 83.7 Å². The molecule has 0 spiro atoms. The van der Waals surface area contributed by atoms with E-state index >= 15 is 0 Å². The third kappa shape index (κ3) is 3.69. The van der Waals surface area contributed by atoms with Gasteiger partial charge in [-0.1, -0.05) is 72.0 Å². The van der Waals surface area contributed by atoms with Crippen molar-refractivity contribution in [1.82, 2.24) is 4.57 Å². The van der Waals surface area contributed by atoms with Gasteiger partial charge in [-0.25, -0.2) is 4.99 Å². The number of fused-ring (bicyclic) bond motifs is 3. The molecule has 3 aromatic carbocycles. The Hall–Kier alpha value is -4.23. The van der Waals surface area contributed by atoms with Gasteiger partial charge in [0.2, 0.25) is 0 Å². The lowest BCUT2D eigenvalue weighted by Gasteiger charge is -2.31. The minimum atomic E-state index is -1.23. The van der Waals surface area contributed by atoms with Crippen molar-refractivity contribution in [2.75, 3.05) is 7.11 Å². The van der Waals surface area contributed by atoms with E-state index in [-0.39, 0.29) is 17.2 Å². The first-order valence-electron chi connectivity index (χ1n) is 11.6. The molecule has 36 heavy (non-hydrogen) atoms. The van der Waals surface area contributed by atoms with Crippen LogP contribution in [0.25, 0.3) is 11.8 Å². The summed E-state index contributed by atoms with van der Waals surface area (Å²) in [5, 5.41) is 11.1. The summed E-state index contributed by atoms with van der Waals surface area (Å²) in [7, 11) is 1.64. The minimum absolute atomic E-state index is 0.0953. The quantitative estimate of drug-likeness (QED) is 0.438. The van der Waals surface area contributed by atoms with Crippen molar-refractivity contribution in [3.8, 4) is 5.75 Å². The lowest BCUT2D eigenvalue weighted by atomic mass is 9.83. The fourth-order valence-corrected chi connectivity index (χ4v) is 6.00. The Morgan fingerprint density at radius 2 is 1.89 bits per heavy atom. The number of hydrogen-bond donors (Lipinski definition) is 0. The van der Waals surface area contributed by atoms with Gasteiger partial charge in [-0.2, -0.15) is 0 Å². The predicted octanol–water partition coefficient (Wildman–Crippen LogP) is 2.69. The highest BCUT2D eigenvalue weighted by Gasteiger charge is 2.32. The summed E-state index contributed by atoms with van der Waals surface area (Å²) in [6, 6.07) is 22.2. The molecule has 0 saturated carbocycles. The lowest BCUT2D eigenvalue weighted by Crippen LogP contribution is -2.38. The smallest absolute Gasteiger partial charge is 0.271 e. The molecule has 6 nitrogen and oxygen atoms in total. The second kappa shape index (κ2) is 8.77. The molecule has 4 aromatic rings. The van der Waals surface area contributed by atoms with Crippen LogP contribution in [0.15, 0.2) is 88.2 Å². The maximum atomic E-state index is 13.8. The van der Waals surface area contributed by atoms with E-state index in [1.807, 2.05) is 36.4 Å². The van der Waals surface area contributed by atoms with Crippen LogP contribution >= 0.6 is 11.3 Å². The first kappa shape index (κ1) is 22.2. The molecule has 1 atom stereocenters. The summed E-state index contributed by atoms with van der Waals surface area (Å²) in [4.78, 5) is 30.5. The molecule has 2 heterocycles. The zero-order valence-corrected chi connectivity index (χ0v) is 20.2. The van der Waals surface area contributed by atoms with Crippen molar-refractivity contribution >= 4 is 29.1 Å². The number of ether oxygens (including phenoxy) is 1. The number of allylic oxidation sites excluding steroid dienone is 1. The molecule has 0 unspecified atom stereocenters. The largest absolute Gasteiger partial charge is 0.545 e. The van der Waals surface area contributed by atoms with Crippen LogP contribution in [0.1, 0.15) is 45.1 Å². The SMILES string of the molecule is COc1cccc([C@H]2C3=C(N=c4s/c(=C\c5ccc(C(=O)[O-])cc5)c(=O)n42)c2ccccc2CC3)c1.